The summed E-state index contributed by atoms with van der Waals surface area (Å²) in [7, 11) is 3.78. The molecule has 0 fully saturated rings. The Morgan fingerprint density at radius 3 is 2.69 bits per heavy atom. The number of aliphatic imine (C=N–C) groups is 1. The molecule has 0 spiro atoms. The largest absolute Gasteiger partial charge is 0.356 e. The van der Waals surface area contributed by atoms with E-state index < -0.39 is 0 Å². The van der Waals surface area contributed by atoms with Crippen LogP contribution in [0.3, 0.4) is 0 Å². The second-order valence-corrected chi connectivity index (χ2v) is 6.55. The van der Waals surface area contributed by atoms with E-state index in [4.69, 9.17) is 0 Å². The van der Waals surface area contributed by atoms with E-state index in [1.807, 2.05) is 18.7 Å². The van der Waals surface area contributed by atoms with Crippen molar-refractivity contribution in [1.82, 2.24) is 25.0 Å². The summed E-state index contributed by atoms with van der Waals surface area (Å²) in [6, 6.07) is 10.7. The van der Waals surface area contributed by atoms with E-state index in [1.165, 1.54) is 22.2 Å². The summed E-state index contributed by atoms with van der Waals surface area (Å²) in [5.74, 6) is 0.824. The standard InChI is InChI=1S/C20H28N6/c1-15-18(16(2)25(4)24-15)14-23-20(21-3)22-11-7-12-26-13-10-17-8-5-6-9-19(17)26/h5-6,8-10,13H,7,11-12,14H2,1-4H3,(H2,21,22,23). The van der Waals surface area contributed by atoms with Crippen molar-refractivity contribution in [2.45, 2.75) is 33.4 Å². The van der Waals surface area contributed by atoms with Gasteiger partial charge in [-0.05, 0) is 37.8 Å². The van der Waals surface area contributed by atoms with E-state index in [9.17, 15) is 0 Å². The Kier molecular flexibility index (Phi) is 5.61. The van der Waals surface area contributed by atoms with Crippen LogP contribution in [-0.4, -0.2) is 33.9 Å². The first kappa shape index (κ1) is 18.0. The molecule has 1 aromatic carbocycles. The number of aromatic nitrogens is 3. The molecule has 2 heterocycles. The molecule has 0 amide bonds. The van der Waals surface area contributed by atoms with Crippen LogP contribution in [-0.2, 0) is 20.1 Å². The van der Waals surface area contributed by atoms with E-state index in [1.54, 1.807) is 7.05 Å². The smallest absolute Gasteiger partial charge is 0.191 e. The molecule has 0 aliphatic rings. The molecule has 2 aromatic heterocycles. The number of nitrogens with zero attached hydrogens (tertiary/aromatic N) is 4. The zero-order chi connectivity index (χ0) is 18.5. The maximum absolute atomic E-state index is 4.46. The fourth-order valence-corrected chi connectivity index (χ4v) is 3.26. The SMILES string of the molecule is CN=C(NCCCn1ccc2ccccc21)NCc1c(C)nn(C)c1C. The average Bonchev–Trinajstić information content (AvgIpc) is 3.16. The van der Waals surface area contributed by atoms with Gasteiger partial charge in [0.15, 0.2) is 5.96 Å². The van der Waals surface area contributed by atoms with Crippen LogP contribution in [0.5, 0.6) is 0 Å². The van der Waals surface area contributed by atoms with Gasteiger partial charge in [-0.3, -0.25) is 9.67 Å². The number of fused-ring (bicyclic) bond motifs is 1. The first-order chi connectivity index (χ1) is 12.6. The van der Waals surface area contributed by atoms with E-state index in [-0.39, 0.29) is 0 Å². The maximum atomic E-state index is 4.46. The summed E-state index contributed by atoms with van der Waals surface area (Å²) >= 11 is 0. The fraction of sp³-hybridized carbons (Fsp3) is 0.400. The summed E-state index contributed by atoms with van der Waals surface area (Å²) < 4.78 is 4.22. The van der Waals surface area contributed by atoms with Crippen molar-refractivity contribution in [3.63, 3.8) is 0 Å². The molecule has 3 rings (SSSR count). The first-order valence-electron chi connectivity index (χ1n) is 9.07. The maximum Gasteiger partial charge on any atom is 0.191 e. The molecule has 0 unspecified atom stereocenters. The molecule has 26 heavy (non-hydrogen) atoms. The molecule has 138 valence electrons. The summed E-state index contributed by atoms with van der Waals surface area (Å²) in [4.78, 5) is 4.31. The van der Waals surface area contributed by atoms with E-state index >= 15 is 0 Å². The van der Waals surface area contributed by atoms with Gasteiger partial charge in [0.25, 0.3) is 0 Å². The quantitative estimate of drug-likeness (QED) is 0.407. The second kappa shape index (κ2) is 8.08. The molecule has 0 aliphatic heterocycles. The molecule has 6 heteroatoms. The lowest BCUT2D eigenvalue weighted by Gasteiger charge is -2.12. The minimum absolute atomic E-state index is 0.730. The molecule has 0 radical (unpaired) electrons. The Balaban J connectivity index is 1.47. The number of nitrogens with one attached hydrogen (secondary N) is 2. The first-order valence-corrected chi connectivity index (χ1v) is 9.07. The van der Waals surface area contributed by atoms with Crippen molar-refractivity contribution < 1.29 is 0 Å². The van der Waals surface area contributed by atoms with Crippen LogP contribution in [0.2, 0.25) is 0 Å². The fourth-order valence-electron chi connectivity index (χ4n) is 3.26. The second-order valence-electron chi connectivity index (χ2n) is 6.55. The minimum Gasteiger partial charge on any atom is -0.356 e. The lowest BCUT2D eigenvalue weighted by Crippen LogP contribution is -2.37. The van der Waals surface area contributed by atoms with Crippen LogP contribution in [0.1, 0.15) is 23.4 Å². The molecule has 2 N–H and O–H groups in total. The molecule has 3 aromatic rings. The van der Waals surface area contributed by atoms with Gasteiger partial charge in [0.2, 0.25) is 0 Å². The van der Waals surface area contributed by atoms with Crippen molar-refractivity contribution >= 4 is 16.9 Å². The topological polar surface area (TPSA) is 59.2 Å². The predicted molar refractivity (Wildman–Crippen MR) is 107 cm³/mol. The number of para-hydroxylation sites is 1. The Bertz CT molecular complexity index is 902. The van der Waals surface area contributed by atoms with E-state index in [2.05, 4.69) is 68.7 Å². The van der Waals surface area contributed by atoms with Crippen molar-refractivity contribution in [3.05, 3.63) is 53.5 Å². The molecular formula is C20H28N6. The number of rotatable bonds is 6. The van der Waals surface area contributed by atoms with Crippen LogP contribution >= 0.6 is 0 Å². The number of benzene rings is 1. The minimum atomic E-state index is 0.730. The summed E-state index contributed by atoms with van der Waals surface area (Å²) in [5, 5.41) is 12.5. The monoisotopic (exact) mass is 352 g/mol. The zero-order valence-electron chi connectivity index (χ0n) is 16.1. The van der Waals surface area contributed by atoms with Crippen LogP contribution in [0.15, 0.2) is 41.5 Å². The summed E-state index contributed by atoms with van der Waals surface area (Å²) in [6.07, 6.45) is 3.19. The molecular weight excluding hydrogens is 324 g/mol. The van der Waals surface area contributed by atoms with Crippen molar-refractivity contribution in [2.75, 3.05) is 13.6 Å². The van der Waals surface area contributed by atoms with Gasteiger partial charge in [0, 0.05) is 56.7 Å². The van der Waals surface area contributed by atoms with Gasteiger partial charge in [0.1, 0.15) is 0 Å². The molecule has 0 aliphatic carbocycles. The van der Waals surface area contributed by atoms with Gasteiger partial charge in [-0.2, -0.15) is 5.10 Å². The summed E-state index contributed by atoms with van der Waals surface area (Å²) in [5.41, 5.74) is 4.77. The summed E-state index contributed by atoms with van der Waals surface area (Å²) in [6.45, 7) is 6.72. The molecule has 0 atom stereocenters. The Morgan fingerprint density at radius 2 is 1.96 bits per heavy atom. The van der Waals surface area contributed by atoms with E-state index in [0.29, 0.717) is 0 Å². The molecule has 0 bridgehead atoms. The van der Waals surface area contributed by atoms with Crippen LogP contribution in [0.25, 0.3) is 10.9 Å². The Labute approximate surface area is 154 Å². The molecule has 6 nitrogen and oxygen atoms in total. The predicted octanol–water partition coefficient (Wildman–Crippen LogP) is 2.75. The third-order valence-corrected chi connectivity index (χ3v) is 4.86. The average molecular weight is 352 g/mol. The van der Waals surface area contributed by atoms with Crippen molar-refractivity contribution in [3.8, 4) is 0 Å². The van der Waals surface area contributed by atoms with Gasteiger partial charge in [-0.25, -0.2) is 0 Å². The van der Waals surface area contributed by atoms with Gasteiger partial charge in [-0.15, -0.1) is 0 Å². The van der Waals surface area contributed by atoms with E-state index in [0.717, 1.165) is 37.7 Å². The lowest BCUT2D eigenvalue weighted by molar-refractivity contribution is 0.640. The zero-order valence-corrected chi connectivity index (χ0v) is 16.1. The highest BCUT2D eigenvalue weighted by atomic mass is 15.3. The highest BCUT2D eigenvalue weighted by molar-refractivity contribution is 5.80. The number of hydrogen-bond acceptors (Lipinski definition) is 2. The Hall–Kier alpha value is -2.76. The third kappa shape index (κ3) is 3.90. The lowest BCUT2D eigenvalue weighted by atomic mass is 10.2. The molecule has 0 saturated carbocycles. The highest BCUT2D eigenvalue weighted by Gasteiger charge is 2.09. The number of guanidine groups is 1. The number of aryl methyl sites for hydroxylation is 3. The van der Waals surface area contributed by atoms with Crippen LogP contribution in [0, 0.1) is 13.8 Å². The van der Waals surface area contributed by atoms with Gasteiger partial charge < -0.3 is 15.2 Å². The van der Waals surface area contributed by atoms with Gasteiger partial charge >= 0.3 is 0 Å². The third-order valence-electron chi connectivity index (χ3n) is 4.86. The van der Waals surface area contributed by atoms with Crippen molar-refractivity contribution in [1.29, 1.82) is 0 Å². The van der Waals surface area contributed by atoms with Crippen molar-refractivity contribution in [2.24, 2.45) is 12.0 Å². The van der Waals surface area contributed by atoms with Gasteiger partial charge in [-0.1, -0.05) is 18.2 Å². The van der Waals surface area contributed by atoms with Gasteiger partial charge in [0.05, 0.1) is 5.69 Å². The normalized spacial score (nSPS) is 11.9. The molecule has 0 saturated heterocycles. The van der Waals surface area contributed by atoms with Crippen LogP contribution < -0.4 is 10.6 Å². The van der Waals surface area contributed by atoms with Crippen LogP contribution in [0.4, 0.5) is 0 Å². The highest BCUT2D eigenvalue weighted by Crippen LogP contribution is 2.15. The Morgan fingerprint density at radius 1 is 1.15 bits per heavy atom. The number of hydrogen-bond donors (Lipinski definition) is 2.